The maximum absolute atomic E-state index is 12.4. The molecule has 0 fully saturated rings. The number of benzene rings is 2. The van der Waals surface area contributed by atoms with E-state index in [1.807, 2.05) is 30.3 Å². The molecule has 24 heavy (non-hydrogen) atoms. The lowest BCUT2D eigenvalue weighted by Gasteiger charge is -2.21. The van der Waals surface area contributed by atoms with Gasteiger partial charge < -0.3 is 14.4 Å². The molecular formula is C18H18BrNO4. The molecule has 2 aromatic rings. The Kier molecular flexibility index (Phi) is 5.98. The molecule has 0 spiro atoms. The number of methoxy groups -OCH3 is 1. The van der Waals surface area contributed by atoms with E-state index in [9.17, 15) is 9.59 Å². The number of rotatable bonds is 5. The fourth-order valence-corrected chi connectivity index (χ4v) is 2.52. The third kappa shape index (κ3) is 4.14. The smallest absolute Gasteiger partial charge is 0.340 e. The Bertz CT molecular complexity index is 733. The van der Waals surface area contributed by atoms with Crippen molar-refractivity contribution in [1.29, 1.82) is 0 Å². The SMILES string of the molecule is COc1ccc(Br)c(C(=O)O[C@@H](C)C(=O)N(C)c2ccccc2)c1. The topological polar surface area (TPSA) is 55.8 Å². The minimum absolute atomic E-state index is 0.302. The molecule has 0 unspecified atom stereocenters. The molecule has 0 heterocycles. The lowest BCUT2D eigenvalue weighted by Crippen LogP contribution is -2.37. The Morgan fingerprint density at radius 2 is 1.79 bits per heavy atom. The summed E-state index contributed by atoms with van der Waals surface area (Å²) in [6.07, 6.45) is -0.916. The Labute approximate surface area is 149 Å². The number of para-hydroxylation sites is 1. The number of likely N-dealkylation sites (N-methyl/N-ethyl adjacent to an activating group) is 1. The van der Waals surface area contributed by atoms with Gasteiger partial charge in [-0.25, -0.2) is 4.79 Å². The molecule has 0 aliphatic heterocycles. The van der Waals surface area contributed by atoms with Crippen LogP contribution in [0.15, 0.2) is 53.0 Å². The summed E-state index contributed by atoms with van der Waals surface area (Å²) in [5, 5.41) is 0. The highest BCUT2D eigenvalue weighted by atomic mass is 79.9. The van der Waals surface area contributed by atoms with E-state index >= 15 is 0 Å². The van der Waals surface area contributed by atoms with Crippen LogP contribution in [-0.4, -0.2) is 32.1 Å². The van der Waals surface area contributed by atoms with Gasteiger partial charge >= 0.3 is 5.97 Å². The van der Waals surface area contributed by atoms with Gasteiger partial charge in [0.2, 0.25) is 0 Å². The molecule has 0 aromatic heterocycles. The van der Waals surface area contributed by atoms with Gasteiger partial charge in [0.1, 0.15) is 5.75 Å². The number of esters is 1. The standard InChI is InChI=1S/C18H18BrNO4/c1-12(17(21)20(2)13-7-5-4-6-8-13)24-18(22)15-11-14(23-3)9-10-16(15)19/h4-12H,1-3H3/t12-/m0/s1. The number of carbonyl (C=O) groups is 2. The molecule has 0 bridgehead atoms. The number of amides is 1. The van der Waals surface area contributed by atoms with E-state index in [0.29, 0.717) is 15.8 Å². The second-order valence-corrected chi connectivity index (χ2v) is 5.98. The highest BCUT2D eigenvalue weighted by Crippen LogP contribution is 2.24. The van der Waals surface area contributed by atoms with E-state index < -0.39 is 12.1 Å². The molecule has 0 N–H and O–H groups in total. The van der Waals surface area contributed by atoms with E-state index in [1.54, 1.807) is 32.2 Å². The molecule has 2 aromatic carbocycles. The maximum atomic E-state index is 12.4. The van der Waals surface area contributed by atoms with Crippen molar-refractivity contribution in [3.63, 3.8) is 0 Å². The summed E-state index contributed by atoms with van der Waals surface area (Å²) in [4.78, 5) is 26.2. The predicted octanol–water partition coefficient (Wildman–Crippen LogP) is 3.67. The second-order valence-electron chi connectivity index (χ2n) is 5.13. The van der Waals surface area contributed by atoms with Crippen LogP contribution in [0.3, 0.4) is 0 Å². The zero-order valence-corrected chi connectivity index (χ0v) is 15.2. The van der Waals surface area contributed by atoms with Gasteiger partial charge in [-0.2, -0.15) is 0 Å². The molecule has 0 saturated heterocycles. The van der Waals surface area contributed by atoms with Crippen molar-refractivity contribution in [3.8, 4) is 5.75 Å². The van der Waals surface area contributed by atoms with E-state index in [-0.39, 0.29) is 5.91 Å². The van der Waals surface area contributed by atoms with Gasteiger partial charge in [-0.05, 0) is 53.2 Å². The molecule has 0 saturated carbocycles. The van der Waals surface area contributed by atoms with Crippen LogP contribution in [0, 0.1) is 0 Å². The number of carbonyl (C=O) groups excluding carboxylic acids is 2. The molecular weight excluding hydrogens is 374 g/mol. The summed E-state index contributed by atoms with van der Waals surface area (Å²) < 4.78 is 11.0. The molecule has 5 nitrogen and oxygen atoms in total. The summed E-state index contributed by atoms with van der Waals surface area (Å²) in [5.74, 6) is -0.373. The van der Waals surface area contributed by atoms with Gasteiger partial charge in [0.05, 0.1) is 12.7 Å². The van der Waals surface area contributed by atoms with Crippen LogP contribution in [0.5, 0.6) is 5.75 Å². The molecule has 126 valence electrons. The van der Waals surface area contributed by atoms with Crippen molar-refractivity contribution >= 4 is 33.5 Å². The quantitative estimate of drug-likeness (QED) is 0.729. The maximum Gasteiger partial charge on any atom is 0.340 e. The van der Waals surface area contributed by atoms with Gasteiger partial charge in [-0.3, -0.25) is 4.79 Å². The lowest BCUT2D eigenvalue weighted by atomic mass is 10.2. The average Bonchev–Trinajstić information content (AvgIpc) is 2.61. The summed E-state index contributed by atoms with van der Waals surface area (Å²) in [6, 6.07) is 14.1. The predicted molar refractivity (Wildman–Crippen MR) is 95.4 cm³/mol. The molecule has 1 amide bonds. The molecule has 0 radical (unpaired) electrons. The number of nitrogens with zero attached hydrogens (tertiary/aromatic N) is 1. The average molecular weight is 392 g/mol. The molecule has 1 atom stereocenters. The minimum Gasteiger partial charge on any atom is -0.497 e. The number of anilines is 1. The fraction of sp³-hybridized carbons (Fsp3) is 0.222. The largest absolute Gasteiger partial charge is 0.497 e. The molecule has 0 aliphatic rings. The Hall–Kier alpha value is -2.34. The highest BCUT2D eigenvalue weighted by molar-refractivity contribution is 9.10. The third-order valence-corrected chi connectivity index (χ3v) is 4.19. The number of hydrogen-bond acceptors (Lipinski definition) is 4. The van der Waals surface area contributed by atoms with Gasteiger partial charge in [0, 0.05) is 17.2 Å². The fourth-order valence-electron chi connectivity index (χ4n) is 2.11. The van der Waals surface area contributed by atoms with Crippen LogP contribution in [0.2, 0.25) is 0 Å². The molecule has 6 heteroatoms. The van der Waals surface area contributed by atoms with Crippen LogP contribution < -0.4 is 9.64 Å². The van der Waals surface area contributed by atoms with Crippen LogP contribution >= 0.6 is 15.9 Å². The van der Waals surface area contributed by atoms with Crippen LogP contribution in [0.4, 0.5) is 5.69 Å². The van der Waals surface area contributed by atoms with E-state index in [2.05, 4.69) is 15.9 Å². The van der Waals surface area contributed by atoms with E-state index in [0.717, 1.165) is 5.69 Å². The van der Waals surface area contributed by atoms with Crippen molar-refractivity contribution in [2.75, 3.05) is 19.1 Å². The molecule has 2 rings (SSSR count). The lowest BCUT2D eigenvalue weighted by molar-refractivity contribution is -0.126. The Morgan fingerprint density at radius 3 is 2.42 bits per heavy atom. The number of ether oxygens (including phenoxy) is 2. The van der Waals surface area contributed by atoms with Crippen LogP contribution in [0.1, 0.15) is 17.3 Å². The second kappa shape index (κ2) is 7.97. The van der Waals surface area contributed by atoms with Crippen molar-refractivity contribution in [1.82, 2.24) is 0 Å². The first-order valence-electron chi connectivity index (χ1n) is 7.31. The van der Waals surface area contributed by atoms with Gasteiger partial charge in [-0.1, -0.05) is 18.2 Å². The van der Waals surface area contributed by atoms with E-state index in [4.69, 9.17) is 9.47 Å². The van der Waals surface area contributed by atoms with Crippen molar-refractivity contribution in [2.24, 2.45) is 0 Å². The monoisotopic (exact) mass is 391 g/mol. The zero-order valence-electron chi connectivity index (χ0n) is 13.7. The van der Waals surface area contributed by atoms with Crippen molar-refractivity contribution in [2.45, 2.75) is 13.0 Å². The summed E-state index contributed by atoms with van der Waals surface area (Å²) in [6.45, 7) is 1.55. The Morgan fingerprint density at radius 1 is 1.12 bits per heavy atom. The summed E-state index contributed by atoms with van der Waals surface area (Å²) in [7, 11) is 3.16. The number of hydrogen-bond donors (Lipinski definition) is 0. The van der Waals surface area contributed by atoms with E-state index in [1.165, 1.54) is 12.0 Å². The van der Waals surface area contributed by atoms with Crippen LogP contribution in [0.25, 0.3) is 0 Å². The van der Waals surface area contributed by atoms with Crippen LogP contribution in [-0.2, 0) is 9.53 Å². The first-order valence-corrected chi connectivity index (χ1v) is 8.10. The van der Waals surface area contributed by atoms with Crippen molar-refractivity contribution < 1.29 is 19.1 Å². The highest BCUT2D eigenvalue weighted by Gasteiger charge is 2.24. The van der Waals surface area contributed by atoms with Crippen molar-refractivity contribution in [3.05, 3.63) is 58.6 Å². The van der Waals surface area contributed by atoms with Gasteiger partial charge in [-0.15, -0.1) is 0 Å². The summed E-state index contributed by atoms with van der Waals surface area (Å²) in [5.41, 5.74) is 1.03. The number of halogens is 1. The zero-order chi connectivity index (χ0) is 17.7. The Balaban J connectivity index is 2.10. The first-order chi connectivity index (χ1) is 11.4. The normalized spacial score (nSPS) is 11.5. The summed E-state index contributed by atoms with van der Waals surface area (Å²) >= 11 is 3.30. The van der Waals surface area contributed by atoms with Gasteiger partial charge in [0.15, 0.2) is 6.10 Å². The first kappa shape index (κ1) is 18.0. The molecule has 0 aliphatic carbocycles. The van der Waals surface area contributed by atoms with Gasteiger partial charge in [0.25, 0.3) is 5.91 Å². The minimum atomic E-state index is -0.916. The third-order valence-electron chi connectivity index (χ3n) is 3.50.